The third kappa shape index (κ3) is 2.26. The van der Waals surface area contributed by atoms with Crippen LogP contribution in [-0.2, 0) is 0 Å². The van der Waals surface area contributed by atoms with Gasteiger partial charge in [0.1, 0.15) is 0 Å². The summed E-state index contributed by atoms with van der Waals surface area (Å²) in [7, 11) is 0. The van der Waals surface area contributed by atoms with Crippen molar-refractivity contribution >= 4 is 45.2 Å². The van der Waals surface area contributed by atoms with Crippen LogP contribution in [0.15, 0.2) is 4.79 Å². The molecule has 1 N–H and O–H groups in total. The smallest absolute Gasteiger partial charge is 0.199 e. The Kier molecular flexibility index (Phi) is 3.79. The van der Waals surface area contributed by atoms with Crippen LogP contribution in [0.4, 0.5) is 0 Å². The topological polar surface area (TPSA) is 32.9 Å². The van der Waals surface area contributed by atoms with Gasteiger partial charge < -0.3 is 4.98 Å². The Morgan fingerprint density at radius 3 is 2.31 bits per heavy atom. The van der Waals surface area contributed by atoms with E-state index in [0.717, 1.165) is 18.5 Å². The Morgan fingerprint density at radius 1 is 1.31 bits per heavy atom. The number of nitrogens with one attached hydrogen (secondary N) is 1. The van der Waals surface area contributed by atoms with Crippen LogP contribution in [0.3, 0.4) is 0 Å². The number of aromatic amines is 1. The molecule has 0 unspecified atom stereocenters. The number of hydrogen-bond acceptors (Lipinski definition) is 1. The van der Waals surface area contributed by atoms with E-state index in [-0.39, 0.29) is 11.3 Å². The van der Waals surface area contributed by atoms with Crippen molar-refractivity contribution in [1.29, 1.82) is 0 Å². The summed E-state index contributed by atoms with van der Waals surface area (Å²) in [4.78, 5) is 15.0. The van der Waals surface area contributed by atoms with Crippen LogP contribution in [0.2, 0.25) is 0 Å². The van der Waals surface area contributed by atoms with E-state index in [4.69, 9.17) is 0 Å². The molecule has 0 bridgehead atoms. The number of rotatable bonds is 1. The van der Waals surface area contributed by atoms with Gasteiger partial charge in [-0.3, -0.25) is 4.79 Å². The molecule has 0 radical (unpaired) electrons. The minimum atomic E-state index is 0.177. The normalized spacial score (nSPS) is 10.9. The van der Waals surface area contributed by atoms with E-state index in [1.807, 2.05) is 20.8 Å². The van der Waals surface area contributed by atoms with Crippen LogP contribution in [0.25, 0.3) is 0 Å². The van der Waals surface area contributed by atoms with Crippen LogP contribution < -0.4 is 5.43 Å². The summed E-state index contributed by atoms with van der Waals surface area (Å²) in [6, 6.07) is 0. The van der Waals surface area contributed by atoms with Crippen molar-refractivity contribution in [2.75, 3.05) is 0 Å². The zero-order chi connectivity index (χ0) is 10.2. The van der Waals surface area contributed by atoms with Gasteiger partial charge in [0.2, 0.25) is 0 Å². The highest BCUT2D eigenvalue weighted by atomic mass is 127. The minimum absolute atomic E-state index is 0.177. The van der Waals surface area contributed by atoms with Crippen LogP contribution in [0.1, 0.15) is 31.0 Å². The first-order valence-electron chi connectivity index (χ1n) is 4.03. The van der Waals surface area contributed by atoms with Gasteiger partial charge in [-0.15, -0.1) is 0 Å². The summed E-state index contributed by atoms with van der Waals surface area (Å²) in [5.74, 6) is 0.282. The third-order valence-corrected chi connectivity index (χ3v) is 4.03. The van der Waals surface area contributed by atoms with Crippen molar-refractivity contribution in [3.8, 4) is 0 Å². The highest BCUT2D eigenvalue weighted by molar-refractivity contribution is 14.1. The van der Waals surface area contributed by atoms with Gasteiger partial charge in [0.05, 0.1) is 7.27 Å². The molecule has 0 aliphatic carbocycles. The highest BCUT2D eigenvalue weighted by Crippen LogP contribution is 2.18. The van der Waals surface area contributed by atoms with Crippen molar-refractivity contribution in [2.45, 2.75) is 26.7 Å². The van der Waals surface area contributed by atoms with Crippen LogP contribution in [0.5, 0.6) is 0 Å². The third-order valence-electron chi connectivity index (χ3n) is 1.88. The van der Waals surface area contributed by atoms with Crippen LogP contribution >= 0.6 is 45.2 Å². The molecular formula is C9H11I2NO. The SMILES string of the molecule is Cc1[nH]c(I)c(C(C)C)c(=O)c1I. The Labute approximate surface area is 105 Å². The lowest BCUT2D eigenvalue weighted by Crippen LogP contribution is -2.18. The van der Waals surface area contributed by atoms with E-state index in [1.165, 1.54) is 0 Å². The van der Waals surface area contributed by atoms with Crippen molar-refractivity contribution in [3.05, 3.63) is 28.8 Å². The molecule has 0 saturated heterocycles. The fourth-order valence-corrected chi connectivity index (χ4v) is 2.89. The molecule has 0 aliphatic rings. The monoisotopic (exact) mass is 403 g/mol. The highest BCUT2D eigenvalue weighted by Gasteiger charge is 2.13. The maximum absolute atomic E-state index is 11.8. The van der Waals surface area contributed by atoms with Gasteiger partial charge in [-0.05, 0) is 58.0 Å². The minimum Gasteiger partial charge on any atom is -0.353 e. The first-order chi connectivity index (χ1) is 5.95. The number of pyridine rings is 1. The summed E-state index contributed by atoms with van der Waals surface area (Å²) in [6.45, 7) is 6.01. The Balaban J connectivity index is 3.54. The van der Waals surface area contributed by atoms with Crippen molar-refractivity contribution in [2.24, 2.45) is 0 Å². The Hall–Kier alpha value is 0.410. The summed E-state index contributed by atoms with van der Waals surface area (Å²) >= 11 is 4.28. The number of aryl methyl sites for hydroxylation is 1. The molecule has 1 heterocycles. The van der Waals surface area contributed by atoms with E-state index in [0.29, 0.717) is 0 Å². The molecule has 0 amide bonds. The maximum atomic E-state index is 11.8. The fourth-order valence-electron chi connectivity index (χ4n) is 1.19. The second-order valence-electron chi connectivity index (χ2n) is 3.28. The molecule has 0 aliphatic heterocycles. The first-order valence-corrected chi connectivity index (χ1v) is 6.18. The number of H-pyrrole nitrogens is 1. The summed E-state index contributed by atoms with van der Waals surface area (Å²) in [5, 5.41) is 0. The maximum Gasteiger partial charge on any atom is 0.199 e. The van der Waals surface area contributed by atoms with Crippen molar-refractivity contribution < 1.29 is 0 Å². The van der Waals surface area contributed by atoms with Gasteiger partial charge in [-0.2, -0.15) is 0 Å². The number of halogens is 2. The average Bonchev–Trinajstić information content (AvgIpc) is 1.99. The molecular weight excluding hydrogens is 392 g/mol. The second-order valence-corrected chi connectivity index (χ2v) is 5.43. The second kappa shape index (κ2) is 4.29. The van der Waals surface area contributed by atoms with Gasteiger partial charge in [0.25, 0.3) is 0 Å². The van der Waals surface area contributed by atoms with Gasteiger partial charge >= 0.3 is 0 Å². The molecule has 0 spiro atoms. The molecule has 0 atom stereocenters. The van der Waals surface area contributed by atoms with E-state index >= 15 is 0 Å². The summed E-state index contributed by atoms with van der Waals surface area (Å²) in [6.07, 6.45) is 0. The zero-order valence-electron chi connectivity index (χ0n) is 7.74. The Bertz CT molecular complexity index is 382. The molecule has 0 saturated carbocycles. The summed E-state index contributed by atoms with van der Waals surface area (Å²) < 4.78 is 1.78. The predicted octanol–water partition coefficient (Wildman–Crippen LogP) is 3.02. The number of aromatic nitrogens is 1. The zero-order valence-corrected chi connectivity index (χ0v) is 12.1. The molecule has 1 aromatic rings. The number of hydrogen-bond donors (Lipinski definition) is 1. The molecule has 0 aromatic carbocycles. The predicted molar refractivity (Wildman–Crippen MR) is 71.3 cm³/mol. The summed E-state index contributed by atoms with van der Waals surface area (Å²) in [5.41, 5.74) is 2.03. The van der Waals surface area contributed by atoms with E-state index in [1.54, 1.807) is 0 Å². The van der Waals surface area contributed by atoms with Gasteiger partial charge in [0.15, 0.2) is 5.43 Å². The van der Waals surface area contributed by atoms with Crippen molar-refractivity contribution in [1.82, 2.24) is 4.98 Å². The van der Waals surface area contributed by atoms with Gasteiger partial charge in [0, 0.05) is 11.3 Å². The fraction of sp³-hybridized carbons (Fsp3) is 0.444. The largest absolute Gasteiger partial charge is 0.353 e. The molecule has 72 valence electrons. The molecule has 0 fully saturated rings. The molecule has 13 heavy (non-hydrogen) atoms. The van der Waals surface area contributed by atoms with Crippen molar-refractivity contribution in [3.63, 3.8) is 0 Å². The van der Waals surface area contributed by atoms with Gasteiger partial charge in [-0.1, -0.05) is 13.8 Å². The van der Waals surface area contributed by atoms with Crippen LogP contribution in [0, 0.1) is 14.2 Å². The van der Waals surface area contributed by atoms with E-state index in [2.05, 4.69) is 50.2 Å². The lowest BCUT2D eigenvalue weighted by molar-refractivity contribution is 0.830. The Morgan fingerprint density at radius 2 is 1.85 bits per heavy atom. The lowest BCUT2D eigenvalue weighted by atomic mass is 10.1. The standard InChI is InChI=1S/C9H11I2NO/c1-4(2)6-8(13)7(10)5(3)12-9(6)11/h4H,1-3H3,(H,12,13). The lowest BCUT2D eigenvalue weighted by Gasteiger charge is -2.09. The average molecular weight is 403 g/mol. The molecule has 2 nitrogen and oxygen atoms in total. The molecule has 1 aromatic heterocycles. The van der Waals surface area contributed by atoms with E-state index in [9.17, 15) is 4.79 Å². The molecule has 1 rings (SSSR count). The quantitative estimate of drug-likeness (QED) is 0.568. The molecule has 4 heteroatoms. The van der Waals surface area contributed by atoms with Gasteiger partial charge in [-0.25, -0.2) is 0 Å². The van der Waals surface area contributed by atoms with E-state index < -0.39 is 0 Å². The van der Waals surface area contributed by atoms with Crippen LogP contribution in [-0.4, -0.2) is 4.98 Å². The first kappa shape index (κ1) is 11.5.